The Labute approximate surface area is 139 Å². The fourth-order valence-corrected chi connectivity index (χ4v) is 6.80. The monoisotopic (exact) mass is 388 g/mol. The van der Waals surface area contributed by atoms with E-state index in [9.17, 15) is 0 Å². The zero-order chi connectivity index (χ0) is 14.8. The van der Waals surface area contributed by atoms with Crippen LogP contribution in [0.2, 0.25) is 0 Å². The molecule has 0 N–H and O–H groups in total. The van der Waals surface area contributed by atoms with Crippen molar-refractivity contribution in [3.63, 3.8) is 0 Å². The molecule has 20 heavy (non-hydrogen) atoms. The first-order chi connectivity index (χ1) is 8.61. The normalized spacial score (nSPS) is 12.1. The molecule has 0 heterocycles. The molecular weight excluding hydrogens is 362 g/mol. The van der Waals surface area contributed by atoms with Gasteiger partial charge in [-0.1, -0.05) is 49.5 Å². The van der Waals surface area contributed by atoms with Gasteiger partial charge in [0, 0.05) is 25.7 Å². The Balaban J connectivity index is 0.00000361. The summed E-state index contributed by atoms with van der Waals surface area (Å²) in [5.74, 6) is 1.87. The Morgan fingerprint density at radius 2 is 1.35 bits per heavy atom. The van der Waals surface area contributed by atoms with Crippen LogP contribution < -0.4 is 14.8 Å². The summed E-state index contributed by atoms with van der Waals surface area (Å²) >= 11 is 0. The molecule has 0 radical (unpaired) electrons. The molecule has 0 aromatic heterocycles. The zero-order valence-electron chi connectivity index (χ0n) is 13.8. The maximum Gasteiger partial charge on any atom is 0.126 e. The Kier molecular flexibility index (Phi) is 7.23. The van der Waals surface area contributed by atoms with Gasteiger partial charge < -0.3 is 9.47 Å². The van der Waals surface area contributed by atoms with Gasteiger partial charge >= 0.3 is 0 Å². The van der Waals surface area contributed by atoms with Gasteiger partial charge in [-0.15, -0.1) is 0 Å². The van der Waals surface area contributed by atoms with E-state index in [0.717, 1.165) is 11.5 Å². The van der Waals surface area contributed by atoms with Crippen LogP contribution in [0.5, 0.6) is 11.5 Å². The zero-order valence-corrected chi connectivity index (χ0v) is 16.3. The molecule has 0 bridgehead atoms. The van der Waals surface area contributed by atoms with E-state index in [4.69, 9.17) is 9.47 Å². The number of rotatable bonds is 3. The molecule has 0 aliphatic heterocycles. The van der Waals surface area contributed by atoms with Crippen LogP contribution in [0.1, 0.15) is 41.5 Å². The fraction of sp³-hybridized carbons (Fsp3) is 0.625. The maximum absolute atomic E-state index is 5.58. The number of hydrogen-bond donors (Lipinski definition) is 0. The molecular formula is C16H27O2PPd. The maximum atomic E-state index is 5.58. The molecule has 0 aliphatic rings. The Hall–Kier alpha value is -0.0877. The van der Waals surface area contributed by atoms with E-state index < -0.39 is 7.92 Å². The van der Waals surface area contributed by atoms with Gasteiger partial charge in [0.2, 0.25) is 0 Å². The Morgan fingerprint density at radius 1 is 0.850 bits per heavy atom. The number of benzene rings is 1. The summed E-state index contributed by atoms with van der Waals surface area (Å²) in [4.78, 5) is 0. The van der Waals surface area contributed by atoms with Crippen LogP contribution in [0.25, 0.3) is 0 Å². The molecule has 1 rings (SSSR count). The van der Waals surface area contributed by atoms with Crippen molar-refractivity contribution >= 4 is 13.2 Å². The predicted octanol–water partition coefficient (Wildman–Crippen LogP) is 4.41. The van der Waals surface area contributed by atoms with Crippen molar-refractivity contribution in [2.75, 3.05) is 14.2 Å². The smallest absolute Gasteiger partial charge is 0.126 e. The molecule has 0 unspecified atom stereocenters. The summed E-state index contributed by atoms with van der Waals surface area (Å²) in [5, 5.41) is 1.72. The van der Waals surface area contributed by atoms with E-state index >= 15 is 0 Å². The summed E-state index contributed by atoms with van der Waals surface area (Å²) in [6.45, 7) is 13.9. The topological polar surface area (TPSA) is 18.5 Å². The van der Waals surface area contributed by atoms with E-state index in [1.165, 1.54) is 5.30 Å². The van der Waals surface area contributed by atoms with Crippen molar-refractivity contribution in [1.82, 2.24) is 0 Å². The molecule has 0 saturated carbocycles. The Bertz CT molecular complexity index is 419. The molecule has 1 aromatic carbocycles. The molecule has 1 aromatic rings. The average Bonchev–Trinajstić information content (AvgIpc) is 2.25. The third kappa shape index (κ3) is 4.73. The first kappa shape index (κ1) is 19.9. The minimum Gasteiger partial charge on any atom is -0.497 e. The van der Waals surface area contributed by atoms with Gasteiger partial charge in [-0.2, -0.15) is 0 Å². The van der Waals surface area contributed by atoms with Crippen LogP contribution in [0, 0.1) is 0 Å². The van der Waals surface area contributed by atoms with Crippen molar-refractivity contribution in [3.8, 4) is 11.5 Å². The van der Waals surface area contributed by atoms with Crippen molar-refractivity contribution in [2.45, 2.75) is 51.9 Å². The molecule has 0 saturated heterocycles. The van der Waals surface area contributed by atoms with Crippen molar-refractivity contribution in [3.05, 3.63) is 18.2 Å². The van der Waals surface area contributed by atoms with E-state index in [2.05, 4.69) is 47.6 Å². The van der Waals surface area contributed by atoms with Crippen molar-refractivity contribution < 1.29 is 29.9 Å². The average molecular weight is 389 g/mol. The number of hydrogen-bond acceptors (Lipinski definition) is 2. The van der Waals surface area contributed by atoms with E-state index in [-0.39, 0.29) is 30.7 Å². The second kappa shape index (κ2) is 7.26. The molecule has 4 heteroatoms. The van der Waals surface area contributed by atoms with Gasteiger partial charge in [-0.05, 0) is 28.5 Å². The summed E-state index contributed by atoms with van der Waals surface area (Å²) in [7, 11) is 3.06. The summed E-state index contributed by atoms with van der Waals surface area (Å²) in [6, 6.07) is 6.11. The fourth-order valence-electron chi connectivity index (χ4n) is 2.70. The summed E-state index contributed by atoms with van der Waals surface area (Å²) in [5.41, 5.74) is 0. The van der Waals surface area contributed by atoms with Crippen LogP contribution in [-0.2, 0) is 20.4 Å². The minimum atomic E-state index is -0.391. The van der Waals surface area contributed by atoms with Crippen LogP contribution in [0.3, 0.4) is 0 Å². The Morgan fingerprint density at radius 3 is 1.70 bits per heavy atom. The van der Waals surface area contributed by atoms with Gasteiger partial charge in [-0.3, -0.25) is 0 Å². The summed E-state index contributed by atoms with van der Waals surface area (Å²) in [6.07, 6.45) is 0. The second-order valence-electron chi connectivity index (χ2n) is 6.71. The molecule has 0 spiro atoms. The van der Waals surface area contributed by atoms with Crippen LogP contribution in [0.15, 0.2) is 18.2 Å². The van der Waals surface area contributed by atoms with E-state index in [0.29, 0.717) is 0 Å². The third-order valence-corrected chi connectivity index (χ3v) is 6.48. The van der Waals surface area contributed by atoms with Crippen LogP contribution >= 0.6 is 7.92 Å². The van der Waals surface area contributed by atoms with Gasteiger partial charge in [0.05, 0.1) is 14.2 Å². The van der Waals surface area contributed by atoms with E-state index in [1.807, 2.05) is 12.1 Å². The predicted molar refractivity (Wildman–Crippen MR) is 85.6 cm³/mol. The number of methoxy groups -OCH3 is 2. The van der Waals surface area contributed by atoms with Crippen LogP contribution in [-0.4, -0.2) is 24.5 Å². The van der Waals surface area contributed by atoms with Crippen molar-refractivity contribution in [2.24, 2.45) is 0 Å². The minimum absolute atomic E-state index is 0. The van der Waals surface area contributed by atoms with Crippen molar-refractivity contribution in [1.29, 1.82) is 0 Å². The van der Waals surface area contributed by atoms with Gasteiger partial charge in [-0.25, -0.2) is 0 Å². The third-order valence-electron chi connectivity index (χ3n) is 2.97. The number of ether oxygens (including phenoxy) is 2. The SMILES string of the molecule is COc1ccc(OC)c(P(C(C)(C)C)C(C)(C)C)c1.[Pd]. The molecule has 0 fully saturated rings. The quantitative estimate of drug-likeness (QED) is 0.564. The standard InChI is InChI=1S/C16H27O2P.Pd/c1-15(2,3)19(16(4,5)6)14-11-12(17-7)9-10-13(14)18-8;/h9-11H,1-8H3;. The van der Waals surface area contributed by atoms with Gasteiger partial charge in [0.1, 0.15) is 11.5 Å². The molecule has 118 valence electrons. The molecule has 0 aliphatic carbocycles. The van der Waals surface area contributed by atoms with Gasteiger partial charge in [0.25, 0.3) is 0 Å². The van der Waals surface area contributed by atoms with Gasteiger partial charge in [0.15, 0.2) is 0 Å². The largest absolute Gasteiger partial charge is 0.497 e. The summed E-state index contributed by atoms with van der Waals surface area (Å²) < 4.78 is 11.0. The first-order valence-electron chi connectivity index (χ1n) is 6.63. The van der Waals surface area contributed by atoms with E-state index in [1.54, 1.807) is 14.2 Å². The first-order valence-corrected chi connectivity index (χ1v) is 7.98. The molecule has 0 amide bonds. The van der Waals surface area contributed by atoms with Crippen LogP contribution in [0.4, 0.5) is 0 Å². The molecule has 2 nitrogen and oxygen atoms in total. The second-order valence-corrected chi connectivity index (χ2v) is 10.6. The molecule has 0 atom stereocenters.